The third-order valence-corrected chi connectivity index (χ3v) is 6.82. The van der Waals surface area contributed by atoms with Gasteiger partial charge in [0.15, 0.2) is 33.6 Å². The number of rotatable bonds is 8. The second kappa shape index (κ2) is 8.99. The molecule has 168 valence electrons. The van der Waals surface area contributed by atoms with Crippen LogP contribution in [0.25, 0.3) is 11.2 Å². The van der Waals surface area contributed by atoms with Gasteiger partial charge < -0.3 is 25.1 Å². The third kappa shape index (κ3) is 4.14. The van der Waals surface area contributed by atoms with Crippen molar-refractivity contribution >= 4 is 28.7 Å². The van der Waals surface area contributed by atoms with Crippen LogP contribution in [0, 0.1) is 0 Å². The first kappa shape index (κ1) is 21.1. The molecular formula is C23H28N6O2S. The van der Waals surface area contributed by atoms with E-state index in [9.17, 15) is 0 Å². The van der Waals surface area contributed by atoms with E-state index in [0.717, 1.165) is 59.6 Å². The van der Waals surface area contributed by atoms with Crippen molar-refractivity contribution in [1.29, 1.82) is 0 Å². The molecule has 32 heavy (non-hydrogen) atoms. The number of nitrogens with one attached hydrogen (secondary N) is 1. The summed E-state index contributed by atoms with van der Waals surface area (Å²) in [7, 11) is 0. The van der Waals surface area contributed by atoms with Crippen molar-refractivity contribution in [3.63, 3.8) is 0 Å². The molecule has 0 saturated heterocycles. The Morgan fingerprint density at radius 1 is 1.25 bits per heavy atom. The van der Waals surface area contributed by atoms with Gasteiger partial charge in [-0.3, -0.25) is 0 Å². The SMILES string of the molecule is CC(C)NCCCn1c(Sc2cc3c(cc2C2C=CCC2)OCO3)nc2c(N)ncnc21. The predicted molar refractivity (Wildman–Crippen MR) is 125 cm³/mol. The summed E-state index contributed by atoms with van der Waals surface area (Å²) in [4.78, 5) is 14.6. The molecule has 0 spiro atoms. The Hall–Kier alpha value is -2.78. The summed E-state index contributed by atoms with van der Waals surface area (Å²) in [6, 6.07) is 4.66. The highest BCUT2D eigenvalue weighted by atomic mass is 32.2. The van der Waals surface area contributed by atoms with Gasteiger partial charge >= 0.3 is 0 Å². The maximum Gasteiger partial charge on any atom is 0.231 e. The zero-order chi connectivity index (χ0) is 22.1. The Morgan fingerprint density at radius 3 is 2.88 bits per heavy atom. The van der Waals surface area contributed by atoms with Crippen LogP contribution >= 0.6 is 11.8 Å². The number of benzene rings is 1. The fourth-order valence-electron chi connectivity index (χ4n) is 4.15. The number of nitrogen functional groups attached to an aromatic ring is 1. The number of imidazole rings is 1. The number of aromatic nitrogens is 4. The monoisotopic (exact) mass is 452 g/mol. The number of nitrogens with two attached hydrogens (primary N) is 1. The van der Waals surface area contributed by atoms with Crippen molar-refractivity contribution in [1.82, 2.24) is 24.8 Å². The van der Waals surface area contributed by atoms with Crippen LogP contribution in [0.15, 0.2) is 40.7 Å². The van der Waals surface area contributed by atoms with E-state index in [0.29, 0.717) is 23.3 Å². The Balaban J connectivity index is 1.51. The predicted octanol–water partition coefficient (Wildman–Crippen LogP) is 4.11. The average molecular weight is 453 g/mol. The lowest BCUT2D eigenvalue weighted by Gasteiger charge is -2.16. The first-order valence-corrected chi connectivity index (χ1v) is 11.9. The van der Waals surface area contributed by atoms with Crippen molar-refractivity contribution in [3.05, 3.63) is 36.2 Å². The van der Waals surface area contributed by atoms with Gasteiger partial charge in [0, 0.05) is 23.4 Å². The molecule has 0 saturated carbocycles. The molecule has 8 nitrogen and oxygen atoms in total. The van der Waals surface area contributed by atoms with Crippen molar-refractivity contribution < 1.29 is 9.47 Å². The molecule has 0 bridgehead atoms. The van der Waals surface area contributed by atoms with Crippen LogP contribution in [-0.4, -0.2) is 38.9 Å². The molecule has 2 aliphatic rings. The number of fused-ring (bicyclic) bond motifs is 2. The molecular weight excluding hydrogens is 424 g/mol. The maximum absolute atomic E-state index is 6.14. The van der Waals surface area contributed by atoms with E-state index in [1.807, 2.05) is 0 Å². The molecule has 1 unspecified atom stereocenters. The maximum atomic E-state index is 6.14. The van der Waals surface area contributed by atoms with Crippen LogP contribution in [0.3, 0.4) is 0 Å². The molecule has 0 radical (unpaired) electrons. The van der Waals surface area contributed by atoms with Gasteiger partial charge in [-0.15, -0.1) is 0 Å². The zero-order valence-corrected chi connectivity index (χ0v) is 19.2. The van der Waals surface area contributed by atoms with E-state index in [-0.39, 0.29) is 6.79 Å². The van der Waals surface area contributed by atoms with E-state index in [1.165, 1.54) is 11.9 Å². The number of hydrogen-bond donors (Lipinski definition) is 2. The molecule has 0 fully saturated rings. The molecule has 3 aromatic rings. The minimum absolute atomic E-state index is 0.261. The minimum atomic E-state index is 0.261. The van der Waals surface area contributed by atoms with Gasteiger partial charge in [-0.1, -0.05) is 37.8 Å². The number of allylic oxidation sites excluding steroid dienone is 2. The van der Waals surface area contributed by atoms with Crippen LogP contribution in [0.2, 0.25) is 0 Å². The van der Waals surface area contributed by atoms with Gasteiger partial charge in [0.2, 0.25) is 6.79 Å². The van der Waals surface area contributed by atoms with Gasteiger partial charge in [0.05, 0.1) is 0 Å². The molecule has 1 aliphatic heterocycles. The molecule has 1 aromatic carbocycles. The number of nitrogens with zero attached hydrogens (tertiary/aromatic N) is 4. The second-order valence-electron chi connectivity index (χ2n) is 8.40. The zero-order valence-electron chi connectivity index (χ0n) is 18.4. The topological polar surface area (TPSA) is 100 Å². The molecule has 2 aromatic heterocycles. The summed E-state index contributed by atoms with van der Waals surface area (Å²) in [6.45, 7) is 6.28. The summed E-state index contributed by atoms with van der Waals surface area (Å²) in [5, 5.41) is 4.33. The standard InChI is InChI=1S/C23H28N6O2S/c1-14(2)25-8-5-9-29-22-20(21(24)26-12-27-22)28-23(29)32-19-11-18-17(30-13-31-18)10-16(19)15-6-3-4-7-15/h3,6,10-12,14-15,25H,4-5,7-9,13H2,1-2H3,(H2,24,26,27). The molecule has 0 amide bonds. The Labute approximate surface area is 191 Å². The number of hydrogen-bond acceptors (Lipinski definition) is 8. The van der Waals surface area contributed by atoms with Crippen molar-refractivity contribution in [2.75, 3.05) is 19.1 Å². The van der Waals surface area contributed by atoms with E-state index >= 15 is 0 Å². The van der Waals surface area contributed by atoms with Crippen molar-refractivity contribution in [3.8, 4) is 11.5 Å². The van der Waals surface area contributed by atoms with Gasteiger partial charge in [0.1, 0.15) is 6.33 Å². The van der Waals surface area contributed by atoms with Gasteiger partial charge in [-0.25, -0.2) is 15.0 Å². The first-order chi connectivity index (χ1) is 15.6. The largest absolute Gasteiger partial charge is 0.454 e. The summed E-state index contributed by atoms with van der Waals surface area (Å²) in [6.07, 6.45) is 9.19. The lowest BCUT2D eigenvalue weighted by Crippen LogP contribution is -2.24. The minimum Gasteiger partial charge on any atom is -0.454 e. The third-order valence-electron chi connectivity index (χ3n) is 5.75. The van der Waals surface area contributed by atoms with Gasteiger partial charge in [0.25, 0.3) is 0 Å². The van der Waals surface area contributed by atoms with Crippen molar-refractivity contribution in [2.24, 2.45) is 0 Å². The summed E-state index contributed by atoms with van der Waals surface area (Å²) < 4.78 is 13.5. The molecule has 3 heterocycles. The fourth-order valence-corrected chi connectivity index (χ4v) is 5.26. The summed E-state index contributed by atoms with van der Waals surface area (Å²) >= 11 is 1.63. The second-order valence-corrected chi connectivity index (χ2v) is 9.41. The first-order valence-electron chi connectivity index (χ1n) is 11.1. The van der Waals surface area contributed by atoms with Crippen LogP contribution in [-0.2, 0) is 6.54 Å². The number of aryl methyl sites for hydroxylation is 1. The number of anilines is 1. The van der Waals surface area contributed by atoms with E-state index < -0.39 is 0 Å². The van der Waals surface area contributed by atoms with E-state index in [4.69, 9.17) is 20.2 Å². The molecule has 1 aliphatic carbocycles. The van der Waals surface area contributed by atoms with Crippen LogP contribution in [0.1, 0.15) is 44.6 Å². The smallest absolute Gasteiger partial charge is 0.231 e. The fraction of sp³-hybridized carbons (Fsp3) is 0.435. The molecule has 9 heteroatoms. The Morgan fingerprint density at radius 2 is 2.09 bits per heavy atom. The highest BCUT2D eigenvalue weighted by molar-refractivity contribution is 7.99. The molecule has 3 N–H and O–H groups in total. The van der Waals surface area contributed by atoms with Crippen LogP contribution < -0.4 is 20.5 Å². The van der Waals surface area contributed by atoms with Crippen LogP contribution in [0.4, 0.5) is 5.82 Å². The van der Waals surface area contributed by atoms with E-state index in [1.54, 1.807) is 11.8 Å². The number of ether oxygens (including phenoxy) is 2. The average Bonchev–Trinajstić information content (AvgIpc) is 3.51. The Bertz CT molecular complexity index is 1160. The lowest BCUT2D eigenvalue weighted by atomic mass is 9.98. The highest BCUT2D eigenvalue weighted by Crippen LogP contribution is 2.45. The van der Waals surface area contributed by atoms with Gasteiger partial charge in [-0.05, 0) is 43.5 Å². The summed E-state index contributed by atoms with van der Waals surface area (Å²) in [5.74, 6) is 2.36. The summed E-state index contributed by atoms with van der Waals surface area (Å²) in [5.41, 5.74) is 8.80. The Kier molecular flexibility index (Phi) is 5.93. The van der Waals surface area contributed by atoms with Crippen molar-refractivity contribution in [2.45, 2.75) is 61.7 Å². The quantitative estimate of drug-likeness (QED) is 0.389. The molecule has 1 atom stereocenters. The van der Waals surface area contributed by atoms with Gasteiger partial charge in [-0.2, -0.15) is 0 Å². The van der Waals surface area contributed by atoms with E-state index in [2.05, 4.69) is 58.0 Å². The highest BCUT2D eigenvalue weighted by Gasteiger charge is 2.25. The lowest BCUT2D eigenvalue weighted by molar-refractivity contribution is 0.174. The van der Waals surface area contributed by atoms with Crippen LogP contribution in [0.5, 0.6) is 11.5 Å². The molecule has 5 rings (SSSR count). The normalized spacial score (nSPS) is 17.2.